The highest BCUT2D eigenvalue weighted by Gasteiger charge is 2.00. The summed E-state index contributed by atoms with van der Waals surface area (Å²) in [6, 6.07) is 0. The first kappa shape index (κ1) is 9.28. The van der Waals surface area contributed by atoms with E-state index in [1.165, 1.54) is 0 Å². The van der Waals surface area contributed by atoms with Gasteiger partial charge in [-0.05, 0) is 17.9 Å². The van der Waals surface area contributed by atoms with Crippen LogP contribution >= 0.6 is 0 Å². The van der Waals surface area contributed by atoms with Crippen molar-refractivity contribution in [1.82, 2.24) is 0 Å². The SMILES string of the molecule is C=C(N)/C=C/[C@@H](C)C(C)C. The van der Waals surface area contributed by atoms with Gasteiger partial charge in [-0.3, -0.25) is 0 Å². The summed E-state index contributed by atoms with van der Waals surface area (Å²) in [6.45, 7) is 10.1. The Labute approximate surface area is 63.6 Å². The largest absolute Gasteiger partial charge is 0.399 e. The lowest BCUT2D eigenvalue weighted by atomic mass is 9.98. The maximum absolute atomic E-state index is 5.36. The number of allylic oxidation sites excluding steroid dienone is 2. The quantitative estimate of drug-likeness (QED) is 0.596. The van der Waals surface area contributed by atoms with Crippen LogP contribution < -0.4 is 5.73 Å². The highest BCUT2D eigenvalue weighted by atomic mass is 14.5. The fourth-order valence-electron chi connectivity index (χ4n) is 0.498. The molecule has 0 unspecified atom stereocenters. The predicted molar refractivity (Wildman–Crippen MR) is 46.5 cm³/mol. The van der Waals surface area contributed by atoms with Gasteiger partial charge < -0.3 is 5.73 Å². The van der Waals surface area contributed by atoms with Crippen molar-refractivity contribution >= 4 is 0 Å². The molecule has 0 saturated heterocycles. The molecule has 0 bridgehead atoms. The third kappa shape index (κ3) is 4.19. The van der Waals surface area contributed by atoms with Gasteiger partial charge in [0.25, 0.3) is 0 Å². The van der Waals surface area contributed by atoms with Gasteiger partial charge in [0.05, 0.1) is 0 Å². The van der Waals surface area contributed by atoms with Gasteiger partial charge in [0, 0.05) is 5.70 Å². The van der Waals surface area contributed by atoms with Gasteiger partial charge in [-0.15, -0.1) is 0 Å². The van der Waals surface area contributed by atoms with Crippen molar-refractivity contribution in [2.45, 2.75) is 20.8 Å². The molecule has 1 heteroatoms. The van der Waals surface area contributed by atoms with Crippen LogP contribution in [-0.4, -0.2) is 0 Å². The standard InChI is InChI=1S/C9H17N/c1-7(2)8(3)5-6-9(4)10/h5-8H,4,10H2,1-3H3/b6-5+/t8-/m1/s1. The molecule has 0 radical (unpaired) electrons. The lowest BCUT2D eigenvalue weighted by molar-refractivity contribution is 0.504. The summed E-state index contributed by atoms with van der Waals surface area (Å²) in [5.74, 6) is 1.26. The molecule has 0 saturated carbocycles. The molecule has 2 N–H and O–H groups in total. The average molecular weight is 139 g/mol. The average Bonchev–Trinajstić information content (AvgIpc) is 1.82. The molecule has 0 rings (SSSR count). The second-order valence-corrected chi connectivity index (χ2v) is 3.04. The molecular formula is C9H17N. The molecule has 1 nitrogen and oxygen atoms in total. The summed E-state index contributed by atoms with van der Waals surface area (Å²) >= 11 is 0. The third-order valence-corrected chi connectivity index (χ3v) is 1.67. The lowest BCUT2D eigenvalue weighted by Gasteiger charge is -2.08. The molecule has 0 aliphatic carbocycles. The Bertz CT molecular complexity index is 134. The Morgan fingerprint density at radius 2 is 1.90 bits per heavy atom. The van der Waals surface area contributed by atoms with Crippen LogP contribution in [0.15, 0.2) is 24.4 Å². The fraction of sp³-hybridized carbons (Fsp3) is 0.556. The summed E-state index contributed by atoms with van der Waals surface area (Å²) in [6.07, 6.45) is 3.96. The summed E-state index contributed by atoms with van der Waals surface area (Å²) in [7, 11) is 0. The highest BCUT2D eigenvalue weighted by Crippen LogP contribution is 2.10. The van der Waals surface area contributed by atoms with E-state index in [1.807, 2.05) is 6.08 Å². The molecule has 0 amide bonds. The molecule has 0 aromatic heterocycles. The minimum atomic E-state index is 0.584. The summed E-state index contributed by atoms with van der Waals surface area (Å²) < 4.78 is 0. The molecule has 10 heavy (non-hydrogen) atoms. The van der Waals surface area contributed by atoms with Gasteiger partial charge >= 0.3 is 0 Å². The van der Waals surface area contributed by atoms with Crippen LogP contribution in [0.1, 0.15) is 20.8 Å². The van der Waals surface area contributed by atoms with E-state index in [9.17, 15) is 0 Å². The summed E-state index contributed by atoms with van der Waals surface area (Å²) in [5, 5.41) is 0. The van der Waals surface area contributed by atoms with E-state index < -0.39 is 0 Å². The van der Waals surface area contributed by atoms with Crippen molar-refractivity contribution in [3.05, 3.63) is 24.4 Å². The van der Waals surface area contributed by atoms with Crippen molar-refractivity contribution in [2.75, 3.05) is 0 Å². The molecule has 0 fully saturated rings. The van der Waals surface area contributed by atoms with Crippen LogP contribution in [0.3, 0.4) is 0 Å². The number of hydrogen-bond acceptors (Lipinski definition) is 1. The number of hydrogen-bond donors (Lipinski definition) is 1. The van der Waals surface area contributed by atoms with Crippen molar-refractivity contribution in [2.24, 2.45) is 17.6 Å². The van der Waals surface area contributed by atoms with Crippen LogP contribution in [0.2, 0.25) is 0 Å². The molecule has 0 aliphatic rings. The van der Waals surface area contributed by atoms with Crippen molar-refractivity contribution < 1.29 is 0 Å². The molecule has 0 heterocycles. The molecular weight excluding hydrogens is 122 g/mol. The summed E-state index contributed by atoms with van der Waals surface area (Å²) in [4.78, 5) is 0. The first-order chi connectivity index (χ1) is 4.54. The minimum Gasteiger partial charge on any atom is -0.399 e. The smallest absolute Gasteiger partial charge is 0.0237 e. The van der Waals surface area contributed by atoms with Gasteiger partial charge in [-0.1, -0.05) is 33.4 Å². The van der Waals surface area contributed by atoms with E-state index in [0.29, 0.717) is 17.5 Å². The maximum Gasteiger partial charge on any atom is 0.0237 e. The van der Waals surface area contributed by atoms with Crippen LogP contribution in [0, 0.1) is 11.8 Å². The maximum atomic E-state index is 5.36. The second-order valence-electron chi connectivity index (χ2n) is 3.04. The second kappa shape index (κ2) is 4.15. The highest BCUT2D eigenvalue weighted by molar-refractivity contribution is 5.10. The number of rotatable bonds is 3. The molecule has 0 aliphatic heterocycles. The zero-order valence-corrected chi connectivity index (χ0v) is 7.09. The predicted octanol–water partition coefficient (Wildman–Crippen LogP) is 2.31. The van der Waals surface area contributed by atoms with Gasteiger partial charge in [-0.2, -0.15) is 0 Å². The van der Waals surface area contributed by atoms with Crippen LogP contribution in [0.4, 0.5) is 0 Å². The van der Waals surface area contributed by atoms with Crippen molar-refractivity contribution in [3.8, 4) is 0 Å². The molecule has 58 valence electrons. The monoisotopic (exact) mass is 139 g/mol. The first-order valence-electron chi connectivity index (χ1n) is 3.66. The Kier molecular flexibility index (Phi) is 3.85. The van der Waals surface area contributed by atoms with Gasteiger partial charge in [0.2, 0.25) is 0 Å². The molecule has 0 aromatic carbocycles. The Morgan fingerprint density at radius 1 is 1.40 bits per heavy atom. The summed E-state index contributed by atoms with van der Waals surface area (Å²) in [5.41, 5.74) is 5.99. The zero-order chi connectivity index (χ0) is 8.15. The van der Waals surface area contributed by atoms with Crippen LogP contribution in [0.25, 0.3) is 0 Å². The fourth-order valence-corrected chi connectivity index (χ4v) is 0.498. The topological polar surface area (TPSA) is 26.0 Å². The molecule has 1 atom stereocenters. The van der Waals surface area contributed by atoms with Gasteiger partial charge in [0.1, 0.15) is 0 Å². The Morgan fingerprint density at radius 3 is 2.20 bits per heavy atom. The zero-order valence-electron chi connectivity index (χ0n) is 7.09. The Balaban J connectivity index is 3.77. The van der Waals surface area contributed by atoms with Crippen LogP contribution in [0.5, 0.6) is 0 Å². The number of nitrogens with two attached hydrogens (primary N) is 1. The Hall–Kier alpha value is -0.720. The van der Waals surface area contributed by atoms with E-state index in [1.54, 1.807) is 0 Å². The van der Waals surface area contributed by atoms with E-state index in [4.69, 9.17) is 5.73 Å². The van der Waals surface area contributed by atoms with Gasteiger partial charge in [0.15, 0.2) is 0 Å². The van der Waals surface area contributed by atoms with E-state index in [0.717, 1.165) is 0 Å². The van der Waals surface area contributed by atoms with Crippen molar-refractivity contribution in [3.63, 3.8) is 0 Å². The first-order valence-corrected chi connectivity index (χ1v) is 3.66. The van der Waals surface area contributed by atoms with Crippen molar-refractivity contribution in [1.29, 1.82) is 0 Å². The third-order valence-electron chi connectivity index (χ3n) is 1.67. The van der Waals surface area contributed by atoms with Gasteiger partial charge in [-0.25, -0.2) is 0 Å². The molecule has 0 aromatic rings. The van der Waals surface area contributed by atoms with E-state index >= 15 is 0 Å². The van der Waals surface area contributed by atoms with E-state index in [-0.39, 0.29) is 0 Å². The van der Waals surface area contributed by atoms with Crippen LogP contribution in [-0.2, 0) is 0 Å². The molecule has 0 spiro atoms. The normalized spacial score (nSPS) is 14.4. The van der Waals surface area contributed by atoms with E-state index in [2.05, 4.69) is 33.4 Å². The minimum absolute atomic E-state index is 0.584. The lowest BCUT2D eigenvalue weighted by Crippen LogP contribution is -2.00.